The Morgan fingerprint density at radius 3 is 2.55 bits per heavy atom. The van der Waals surface area contributed by atoms with Crippen molar-refractivity contribution in [1.82, 2.24) is 10.2 Å². The van der Waals surface area contributed by atoms with Crippen molar-refractivity contribution in [2.24, 2.45) is 5.92 Å². The van der Waals surface area contributed by atoms with Gasteiger partial charge in [0.2, 0.25) is 11.8 Å². The van der Waals surface area contributed by atoms with Gasteiger partial charge in [0.1, 0.15) is 12.1 Å². The second-order valence-corrected chi connectivity index (χ2v) is 6.33. The van der Waals surface area contributed by atoms with Crippen LogP contribution in [0.25, 0.3) is 0 Å². The Labute approximate surface area is 127 Å². The van der Waals surface area contributed by atoms with Crippen molar-refractivity contribution < 1.29 is 9.59 Å². The molecular weight excluding hydrogens is 320 g/mol. The lowest BCUT2D eigenvalue weighted by atomic mass is 9.96. The van der Waals surface area contributed by atoms with Gasteiger partial charge in [-0.2, -0.15) is 0 Å². The van der Waals surface area contributed by atoms with Crippen molar-refractivity contribution in [3.63, 3.8) is 0 Å². The predicted molar refractivity (Wildman–Crippen MR) is 80.9 cm³/mol. The van der Waals surface area contributed by atoms with Gasteiger partial charge in [0.25, 0.3) is 0 Å². The number of halogens is 1. The Bertz CT molecular complexity index is 530. The molecule has 1 fully saturated rings. The van der Waals surface area contributed by atoms with Crippen LogP contribution in [0.4, 0.5) is 0 Å². The maximum Gasteiger partial charge on any atom is 0.245 e. The van der Waals surface area contributed by atoms with E-state index < -0.39 is 12.1 Å². The zero-order valence-corrected chi connectivity index (χ0v) is 13.5. The summed E-state index contributed by atoms with van der Waals surface area (Å²) in [5.41, 5.74) is 1.01. The minimum absolute atomic E-state index is 0.0287. The van der Waals surface area contributed by atoms with E-state index in [4.69, 9.17) is 0 Å². The van der Waals surface area contributed by atoms with Crippen LogP contribution < -0.4 is 5.32 Å². The smallest absolute Gasteiger partial charge is 0.245 e. The Hall–Kier alpha value is -1.36. The third-order valence-electron chi connectivity index (χ3n) is 3.55. The largest absolute Gasteiger partial charge is 0.343 e. The first-order valence-corrected chi connectivity index (χ1v) is 7.55. The molecule has 4 nitrogen and oxygen atoms in total. The molecule has 1 saturated heterocycles. The SMILES string of the molecule is CC1NC(=O)C(C(C)C)N(Cc2ccccc2Br)C1=O. The number of nitrogens with one attached hydrogen (secondary N) is 1. The van der Waals surface area contributed by atoms with Crippen molar-refractivity contribution in [2.45, 2.75) is 39.4 Å². The van der Waals surface area contributed by atoms with E-state index in [2.05, 4.69) is 21.2 Å². The molecule has 0 spiro atoms. The minimum atomic E-state index is -0.458. The van der Waals surface area contributed by atoms with E-state index in [-0.39, 0.29) is 17.7 Å². The van der Waals surface area contributed by atoms with Crippen molar-refractivity contribution in [3.05, 3.63) is 34.3 Å². The third kappa shape index (κ3) is 2.87. The summed E-state index contributed by atoms with van der Waals surface area (Å²) in [6.07, 6.45) is 0. The number of rotatable bonds is 3. The van der Waals surface area contributed by atoms with E-state index in [9.17, 15) is 9.59 Å². The quantitative estimate of drug-likeness (QED) is 0.919. The molecule has 0 aromatic heterocycles. The number of hydrogen-bond acceptors (Lipinski definition) is 2. The van der Waals surface area contributed by atoms with Crippen LogP contribution in [0.5, 0.6) is 0 Å². The molecule has 0 saturated carbocycles. The molecule has 2 amide bonds. The van der Waals surface area contributed by atoms with Crippen molar-refractivity contribution in [1.29, 1.82) is 0 Å². The first-order chi connectivity index (χ1) is 9.41. The number of hydrogen-bond donors (Lipinski definition) is 1. The van der Waals surface area contributed by atoms with Crippen LogP contribution in [0.15, 0.2) is 28.7 Å². The normalized spacial score (nSPS) is 23.1. The number of carbonyl (C=O) groups is 2. The molecule has 1 aromatic rings. The fourth-order valence-electron chi connectivity index (χ4n) is 2.54. The lowest BCUT2D eigenvalue weighted by molar-refractivity contribution is -0.151. The molecule has 1 heterocycles. The Balaban J connectivity index is 2.31. The Morgan fingerprint density at radius 2 is 1.95 bits per heavy atom. The average Bonchev–Trinajstić information content (AvgIpc) is 2.37. The van der Waals surface area contributed by atoms with E-state index in [1.54, 1.807) is 11.8 Å². The second kappa shape index (κ2) is 5.95. The molecule has 1 aromatic carbocycles. The summed E-state index contributed by atoms with van der Waals surface area (Å²) >= 11 is 3.49. The topological polar surface area (TPSA) is 49.4 Å². The molecule has 0 bridgehead atoms. The standard InChI is InChI=1S/C15H19BrN2O2/c1-9(2)13-14(19)17-10(3)15(20)18(13)8-11-6-4-5-7-12(11)16/h4-7,9-10,13H,8H2,1-3H3,(H,17,19). The second-order valence-electron chi connectivity index (χ2n) is 5.48. The highest BCUT2D eigenvalue weighted by Gasteiger charge is 2.40. The molecule has 2 atom stereocenters. The lowest BCUT2D eigenvalue weighted by Crippen LogP contribution is -2.63. The molecule has 0 radical (unpaired) electrons. The first-order valence-electron chi connectivity index (χ1n) is 6.76. The molecular formula is C15H19BrN2O2. The molecule has 108 valence electrons. The zero-order chi connectivity index (χ0) is 14.9. The molecule has 1 aliphatic rings. The third-order valence-corrected chi connectivity index (χ3v) is 4.32. The highest BCUT2D eigenvalue weighted by atomic mass is 79.9. The van der Waals surface area contributed by atoms with Gasteiger partial charge in [-0.05, 0) is 24.5 Å². The zero-order valence-electron chi connectivity index (χ0n) is 11.9. The first kappa shape index (κ1) is 15.0. The monoisotopic (exact) mass is 338 g/mol. The number of carbonyl (C=O) groups excluding carboxylic acids is 2. The van der Waals surface area contributed by atoms with E-state index in [0.717, 1.165) is 10.0 Å². The molecule has 5 heteroatoms. The maximum atomic E-state index is 12.4. The van der Waals surface area contributed by atoms with Gasteiger partial charge >= 0.3 is 0 Å². The summed E-state index contributed by atoms with van der Waals surface area (Å²) in [6.45, 7) is 6.09. The van der Waals surface area contributed by atoms with Crippen molar-refractivity contribution in [2.75, 3.05) is 0 Å². The molecule has 2 unspecified atom stereocenters. The number of piperazine rings is 1. The van der Waals surface area contributed by atoms with E-state index in [0.29, 0.717) is 6.54 Å². The fourth-order valence-corrected chi connectivity index (χ4v) is 2.95. The minimum Gasteiger partial charge on any atom is -0.343 e. The summed E-state index contributed by atoms with van der Waals surface area (Å²) in [4.78, 5) is 26.2. The molecule has 1 N–H and O–H groups in total. The average molecular weight is 339 g/mol. The highest BCUT2D eigenvalue weighted by molar-refractivity contribution is 9.10. The van der Waals surface area contributed by atoms with Crippen molar-refractivity contribution >= 4 is 27.7 Å². The van der Waals surface area contributed by atoms with E-state index in [1.165, 1.54) is 0 Å². The van der Waals surface area contributed by atoms with Gasteiger partial charge in [0.15, 0.2) is 0 Å². The van der Waals surface area contributed by atoms with Gasteiger partial charge in [-0.15, -0.1) is 0 Å². The van der Waals surface area contributed by atoms with Crippen LogP contribution in [0.1, 0.15) is 26.3 Å². The summed E-state index contributed by atoms with van der Waals surface area (Å²) in [5.74, 6) is -0.0212. The van der Waals surface area contributed by atoms with Crippen LogP contribution in [0.2, 0.25) is 0 Å². The van der Waals surface area contributed by atoms with Crippen LogP contribution in [-0.4, -0.2) is 28.8 Å². The predicted octanol–water partition coefficient (Wildman–Crippen LogP) is 2.32. The summed E-state index contributed by atoms with van der Waals surface area (Å²) in [6, 6.07) is 6.90. The fraction of sp³-hybridized carbons (Fsp3) is 0.467. The van der Waals surface area contributed by atoms with Gasteiger partial charge < -0.3 is 10.2 Å². The van der Waals surface area contributed by atoms with E-state index >= 15 is 0 Å². The maximum absolute atomic E-state index is 12.4. The number of amides is 2. The Kier molecular flexibility index (Phi) is 4.48. The van der Waals surface area contributed by atoms with Crippen LogP contribution in [0, 0.1) is 5.92 Å². The highest BCUT2D eigenvalue weighted by Crippen LogP contribution is 2.23. The molecule has 2 rings (SSSR count). The molecule has 20 heavy (non-hydrogen) atoms. The number of nitrogens with zero attached hydrogens (tertiary/aromatic N) is 1. The van der Waals surface area contributed by atoms with Gasteiger partial charge in [0, 0.05) is 11.0 Å². The summed E-state index contributed by atoms with van der Waals surface area (Å²) < 4.78 is 0.953. The van der Waals surface area contributed by atoms with Crippen LogP contribution in [-0.2, 0) is 16.1 Å². The molecule has 1 aliphatic heterocycles. The van der Waals surface area contributed by atoms with Gasteiger partial charge in [-0.3, -0.25) is 9.59 Å². The lowest BCUT2D eigenvalue weighted by Gasteiger charge is -2.40. The van der Waals surface area contributed by atoms with Gasteiger partial charge in [0.05, 0.1) is 0 Å². The van der Waals surface area contributed by atoms with Crippen LogP contribution in [0.3, 0.4) is 0 Å². The summed E-state index contributed by atoms with van der Waals surface area (Å²) in [7, 11) is 0. The van der Waals surface area contributed by atoms with E-state index in [1.807, 2.05) is 38.1 Å². The van der Waals surface area contributed by atoms with Gasteiger partial charge in [-0.25, -0.2) is 0 Å². The summed E-state index contributed by atoms with van der Waals surface area (Å²) in [5, 5.41) is 2.75. The molecule has 0 aliphatic carbocycles. The Morgan fingerprint density at radius 1 is 1.30 bits per heavy atom. The van der Waals surface area contributed by atoms with Crippen LogP contribution >= 0.6 is 15.9 Å². The van der Waals surface area contributed by atoms with Crippen molar-refractivity contribution in [3.8, 4) is 0 Å². The number of benzene rings is 1. The van der Waals surface area contributed by atoms with Gasteiger partial charge in [-0.1, -0.05) is 48.0 Å².